The summed E-state index contributed by atoms with van der Waals surface area (Å²) in [6.45, 7) is 2.79. The summed E-state index contributed by atoms with van der Waals surface area (Å²) in [7, 11) is 1.89. The van der Waals surface area contributed by atoms with Gasteiger partial charge in [0.2, 0.25) is 11.8 Å². The van der Waals surface area contributed by atoms with Gasteiger partial charge in [-0.15, -0.1) is 12.4 Å². The van der Waals surface area contributed by atoms with Crippen LogP contribution in [-0.2, 0) is 23.1 Å². The zero-order valence-corrected chi connectivity index (χ0v) is 18.1. The van der Waals surface area contributed by atoms with E-state index in [9.17, 15) is 9.59 Å². The zero-order chi connectivity index (χ0) is 20.2. The molecule has 2 aliphatic heterocycles. The number of benzene rings is 1. The molecule has 7 nitrogen and oxygen atoms in total. The number of carbonyl (C=O) groups is 2. The third-order valence-electron chi connectivity index (χ3n) is 6.06. The molecule has 8 heteroatoms. The Hall–Kier alpha value is -2.38. The first-order chi connectivity index (χ1) is 14.1. The van der Waals surface area contributed by atoms with Gasteiger partial charge in [-0.05, 0) is 24.0 Å². The topological polar surface area (TPSA) is 79.3 Å². The summed E-state index contributed by atoms with van der Waals surface area (Å²) in [6, 6.07) is 10.1. The van der Waals surface area contributed by atoms with Crippen molar-refractivity contribution in [1.82, 2.24) is 25.3 Å². The molecule has 2 aliphatic rings. The van der Waals surface area contributed by atoms with E-state index in [2.05, 4.69) is 27.9 Å². The smallest absolute Gasteiger partial charge is 0.225 e. The van der Waals surface area contributed by atoms with E-state index in [1.807, 2.05) is 42.5 Å². The molecule has 1 aromatic carbocycles. The Morgan fingerprint density at radius 3 is 2.77 bits per heavy atom. The largest absolute Gasteiger partial charge is 0.351 e. The van der Waals surface area contributed by atoms with Crippen molar-refractivity contribution in [3.05, 3.63) is 53.9 Å². The molecule has 0 bridgehead atoms. The van der Waals surface area contributed by atoms with Crippen molar-refractivity contribution < 1.29 is 9.59 Å². The van der Waals surface area contributed by atoms with Crippen molar-refractivity contribution in [2.75, 3.05) is 26.2 Å². The van der Waals surface area contributed by atoms with E-state index in [0.29, 0.717) is 26.1 Å². The molecular formula is C22H30ClN5O2. The lowest BCUT2D eigenvalue weighted by Crippen LogP contribution is -2.43. The van der Waals surface area contributed by atoms with Crippen LogP contribution < -0.4 is 10.6 Å². The minimum absolute atomic E-state index is 0. The second kappa shape index (κ2) is 10.1. The Bertz CT molecular complexity index is 856. The summed E-state index contributed by atoms with van der Waals surface area (Å²) in [6.07, 6.45) is 5.93. The van der Waals surface area contributed by atoms with Gasteiger partial charge in [-0.2, -0.15) is 5.10 Å². The molecule has 162 valence electrons. The molecule has 1 unspecified atom stereocenters. The maximum Gasteiger partial charge on any atom is 0.225 e. The van der Waals surface area contributed by atoms with Crippen LogP contribution in [0.2, 0.25) is 0 Å². The summed E-state index contributed by atoms with van der Waals surface area (Å²) in [5.74, 6) is 0.296. The fraction of sp³-hybridized carbons (Fsp3) is 0.500. The van der Waals surface area contributed by atoms with Gasteiger partial charge < -0.3 is 15.5 Å². The molecule has 2 N–H and O–H groups in total. The number of nitrogens with one attached hydrogen (secondary N) is 2. The summed E-state index contributed by atoms with van der Waals surface area (Å²) < 4.78 is 1.78. The average molecular weight is 432 g/mol. The highest BCUT2D eigenvalue weighted by Gasteiger charge is 2.36. The monoisotopic (exact) mass is 431 g/mol. The molecule has 2 amide bonds. The number of likely N-dealkylation sites (tertiary alicyclic amines) is 1. The van der Waals surface area contributed by atoms with Gasteiger partial charge in [0.15, 0.2) is 0 Å². The van der Waals surface area contributed by atoms with E-state index in [0.717, 1.165) is 24.9 Å². The summed E-state index contributed by atoms with van der Waals surface area (Å²) in [5, 5.41) is 10.8. The first-order valence-corrected chi connectivity index (χ1v) is 10.4. The Labute approximate surface area is 183 Å². The van der Waals surface area contributed by atoms with Crippen LogP contribution in [0.4, 0.5) is 0 Å². The van der Waals surface area contributed by atoms with Gasteiger partial charge in [-0.25, -0.2) is 0 Å². The molecule has 2 fully saturated rings. The molecule has 30 heavy (non-hydrogen) atoms. The highest BCUT2D eigenvalue weighted by Crippen LogP contribution is 2.28. The second-order valence-electron chi connectivity index (χ2n) is 8.14. The van der Waals surface area contributed by atoms with Gasteiger partial charge in [-0.1, -0.05) is 30.3 Å². The van der Waals surface area contributed by atoms with Crippen molar-refractivity contribution >= 4 is 24.2 Å². The fourth-order valence-electron chi connectivity index (χ4n) is 4.40. The van der Waals surface area contributed by atoms with E-state index in [1.165, 1.54) is 5.56 Å². The van der Waals surface area contributed by atoms with E-state index in [1.54, 1.807) is 4.68 Å². The minimum atomic E-state index is -0.0953. The van der Waals surface area contributed by atoms with Gasteiger partial charge in [0.05, 0.1) is 12.1 Å². The highest BCUT2D eigenvalue weighted by atomic mass is 35.5. The molecule has 0 spiro atoms. The SMILES string of the molecule is Cl.Cn1cc([C@H]2CNC[C@@H]2C(=O)NC2CCN(C(=O)CCc3ccccc3)C2)cn1. The van der Waals surface area contributed by atoms with Crippen molar-refractivity contribution in [1.29, 1.82) is 0 Å². The lowest BCUT2D eigenvalue weighted by molar-refractivity contribution is -0.130. The number of aryl methyl sites for hydroxylation is 2. The van der Waals surface area contributed by atoms with E-state index in [4.69, 9.17) is 0 Å². The van der Waals surface area contributed by atoms with Crippen LogP contribution in [0.3, 0.4) is 0 Å². The summed E-state index contributed by atoms with van der Waals surface area (Å²) in [4.78, 5) is 27.3. The average Bonchev–Trinajstić information content (AvgIpc) is 3.47. The number of aromatic nitrogens is 2. The fourth-order valence-corrected chi connectivity index (χ4v) is 4.40. The molecule has 3 atom stereocenters. The molecular weight excluding hydrogens is 402 g/mol. The zero-order valence-electron chi connectivity index (χ0n) is 17.3. The molecule has 4 rings (SSSR count). The number of rotatable bonds is 6. The van der Waals surface area contributed by atoms with Crippen molar-refractivity contribution in [3.63, 3.8) is 0 Å². The Morgan fingerprint density at radius 1 is 1.23 bits per heavy atom. The maximum absolute atomic E-state index is 12.9. The predicted molar refractivity (Wildman–Crippen MR) is 117 cm³/mol. The van der Waals surface area contributed by atoms with Gasteiger partial charge in [-0.3, -0.25) is 14.3 Å². The molecule has 0 aliphatic carbocycles. The van der Waals surface area contributed by atoms with Crippen LogP contribution in [0, 0.1) is 5.92 Å². The molecule has 0 saturated carbocycles. The van der Waals surface area contributed by atoms with Crippen LogP contribution in [-0.4, -0.2) is 58.7 Å². The van der Waals surface area contributed by atoms with Gasteiger partial charge in [0.1, 0.15) is 0 Å². The van der Waals surface area contributed by atoms with Crippen LogP contribution >= 0.6 is 12.4 Å². The quantitative estimate of drug-likeness (QED) is 0.726. The van der Waals surface area contributed by atoms with Gasteiger partial charge >= 0.3 is 0 Å². The van der Waals surface area contributed by atoms with E-state index < -0.39 is 0 Å². The van der Waals surface area contributed by atoms with Crippen molar-refractivity contribution in [3.8, 4) is 0 Å². The normalized spacial score (nSPS) is 23.2. The van der Waals surface area contributed by atoms with Crippen LogP contribution in [0.25, 0.3) is 0 Å². The Balaban J connectivity index is 0.00000256. The third-order valence-corrected chi connectivity index (χ3v) is 6.06. The minimum Gasteiger partial charge on any atom is -0.351 e. The van der Waals surface area contributed by atoms with E-state index in [-0.39, 0.29) is 42.1 Å². The first-order valence-electron chi connectivity index (χ1n) is 10.4. The van der Waals surface area contributed by atoms with Crippen LogP contribution in [0.15, 0.2) is 42.7 Å². The number of hydrogen-bond acceptors (Lipinski definition) is 4. The van der Waals surface area contributed by atoms with Gasteiger partial charge in [0, 0.05) is 57.8 Å². The van der Waals surface area contributed by atoms with E-state index >= 15 is 0 Å². The molecule has 0 radical (unpaired) electrons. The number of halogens is 1. The third kappa shape index (κ3) is 5.21. The predicted octanol–water partition coefficient (Wildman–Crippen LogP) is 1.49. The molecule has 2 aromatic rings. The Morgan fingerprint density at radius 2 is 2.03 bits per heavy atom. The molecule has 1 aromatic heterocycles. The lowest BCUT2D eigenvalue weighted by Gasteiger charge is -2.21. The Kier molecular flexibility index (Phi) is 7.50. The van der Waals surface area contributed by atoms with Crippen LogP contribution in [0.1, 0.15) is 29.9 Å². The second-order valence-corrected chi connectivity index (χ2v) is 8.14. The standard InChI is InChI=1S/C22H29N5O2.ClH/c1-26-14-17(11-24-26)19-12-23-13-20(19)22(29)25-18-9-10-27(15-18)21(28)8-7-16-5-3-2-4-6-16;/h2-6,11,14,18-20,23H,7-10,12-13,15H2,1H3,(H,25,29);1H/t18?,19-,20+;/m1./s1. The van der Waals surface area contributed by atoms with Crippen molar-refractivity contribution in [2.24, 2.45) is 13.0 Å². The summed E-state index contributed by atoms with van der Waals surface area (Å²) in [5.41, 5.74) is 2.28. The van der Waals surface area contributed by atoms with Gasteiger partial charge in [0.25, 0.3) is 0 Å². The van der Waals surface area contributed by atoms with Crippen molar-refractivity contribution in [2.45, 2.75) is 31.2 Å². The lowest BCUT2D eigenvalue weighted by atomic mass is 9.90. The number of nitrogens with zero attached hydrogens (tertiary/aromatic N) is 3. The number of carbonyl (C=O) groups excluding carboxylic acids is 2. The number of hydrogen-bond donors (Lipinski definition) is 2. The number of amides is 2. The first kappa shape index (κ1) is 22.3. The van der Waals surface area contributed by atoms with Crippen LogP contribution in [0.5, 0.6) is 0 Å². The maximum atomic E-state index is 12.9. The highest BCUT2D eigenvalue weighted by molar-refractivity contribution is 5.85. The molecule has 3 heterocycles. The summed E-state index contributed by atoms with van der Waals surface area (Å²) >= 11 is 0. The molecule has 2 saturated heterocycles.